The number of carbonyl (C=O) groups is 3. The molecule has 0 aromatic heterocycles. The van der Waals surface area contributed by atoms with Gasteiger partial charge in [-0.3, -0.25) is 9.59 Å². The second-order valence-corrected chi connectivity index (χ2v) is 6.86. The molecule has 6 heteroatoms. The summed E-state index contributed by atoms with van der Waals surface area (Å²) >= 11 is 0. The molecule has 0 fully saturated rings. The SMILES string of the molecule is COC(=O)c1ccccc1N(CC(=O)Nc1c(C)cccc1C(C)C)C(C)=O. The van der Waals surface area contributed by atoms with Crippen LogP contribution in [-0.2, 0) is 14.3 Å². The summed E-state index contributed by atoms with van der Waals surface area (Å²) in [5, 5.41) is 2.93. The van der Waals surface area contributed by atoms with E-state index in [4.69, 9.17) is 4.74 Å². The van der Waals surface area contributed by atoms with Gasteiger partial charge in [0.2, 0.25) is 11.8 Å². The van der Waals surface area contributed by atoms with Crippen molar-refractivity contribution in [3.63, 3.8) is 0 Å². The second kappa shape index (κ2) is 9.17. The molecule has 2 rings (SSSR count). The molecule has 0 spiro atoms. The molecule has 2 aromatic rings. The van der Waals surface area contributed by atoms with Gasteiger partial charge in [0.05, 0.1) is 18.4 Å². The van der Waals surface area contributed by atoms with Gasteiger partial charge in [0.15, 0.2) is 0 Å². The number of methoxy groups -OCH3 is 1. The molecular formula is C22H26N2O4. The van der Waals surface area contributed by atoms with Gasteiger partial charge >= 0.3 is 5.97 Å². The molecule has 148 valence electrons. The largest absolute Gasteiger partial charge is 0.465 e. The van der Waals surface area contributed by atoms with Crippen molar-refractivity contribution in [2.24, 2.45) is 0 Å². The van der Waals surface area contributed by atoms with Crippen molar-refractivity contribution in [2.45, 2.75) is 33.6 Å². The van der Waals surface area contributed by atoms with Gasteiger partial charge in [-0.25, -0.2) is 4.79 Å². The first-order valence-electron chi connectivity index (χ1n) is 9.11. The Balaban J connectivity index is 2.32. The number of nitrogens with one attached hydrogen (secondary N) is 1. The molecule has 2 aromatic carbocycles. The maximum atomic E-state index is 12.8. The summed E-state index contributed by atoms with van der Waals surface area (Å²) < 4.78 is 4.79. The summed E-state index contributed by atoms with van der Waals surface area (Å²) in [6, 6.07) is 12.4. The number of anilines is 2. The Morgan fingerprint density at radius 1 is 1.07 bits per heavy atom. The minimum absolute atomic E-state index is 0.213. The van der Waals surface area contributed by atoms with Crippen molar-refractivity contribution >= 4 is 29.2 Å². The molecule has 2 amide bonds. The molecule has 0 radical (unpaired) electrons. The van der Waals surface area contributed by atoms with Crippen molar-refractivity contribution in [3.05, 3.63) is 59.2 Å². The summed E-state index contributed by atoms with van der Waals surface area (Å²) in [5.74, 6) is -1.02. The number of carbonyl (C=O) groups excluding carboxylic acids is 3. The summed E-state index contributed by atoms with van der Waals surface area (Å²) in [6.45, 7) is 7.18. The number of hydrogen-bond donors (Lipinski definition) is 1. The topological polar surface area (TPSA) is 75.7 Å². The zero-order valence-electron chi connectivity index (χ0n) is 16.9. The maximum Gasteiger partial charge on any atom is 0.339 e. The molecule has 6 nitrogen and oxygen atoms in total. The predicted octanol–water partition coefficient (Wildman–Crippen LogP) is 3.90. The van der Waals surface area contributed by atoms with E-state index in [0.29, 0.717) is 5.69 Å². The molecule has 0 aliphatic carbocycles. The Hall–Kier alpha value is -3.15. The van der Waals surface area contributed by atoms with Gasteiger partial charge in [-0.1, -0.05) is 44.2 Å². The standard InChI is InChI=1S/C22H26N2O4/c1-14(2)17-11-8-9-15(3)21(17)23-20(26)13-24(16(4)25)19-12-7-6-10-18(19)22(27)28-5/h6-12,14H,13H2,1-5H3,(H,23,26). The van der Waals surface area contributed by atoms with Crippen molar-refractivity contribution in [2.75, 3.05) is 23.9 Å². The van der Waals surface area contributed by atoms with Gasteiger partial charge < -0.3 is 15.0 Å². The first-order chi connectivity index (χ1) is 13.3. The molecule has 0 atom stereocenters. The molecule has 0 heterocycles. The highest BCUT2D eigenvalue weighted by molar-refractivity contribution is 6.06. The van der Waals surface area contributed by atoms with Crippen LogP contribution in [0.3, 0.4) is 0 Å². The molecule has 0 bridgehead atoms. The predicted molar refractivity (Wildman–Crippen MR) is 110 cm³/mol. The molecule has 0 saturated carbocycles. The van der Waals surface area contributed by atoms with E-state index in [2.05, 4.69) is 19.2 Å². The monoisotopic (exact) mass is 382 g/mol. The molecule has 0 unspecified atom stereocenters. The van der Waals surface area contributed by atoms with Gasteiger partial charge in [0.1, 0.15) is 6.54 Å². The number of hydrogen-bond acceptors (Lipinski definition) is 4. The highest BCUT2D eigenvalue weighted by atomic mass is 16.5. The van der Waals surface area contributed by atoms with Crippen LogP contribution in [0, 0.1) is 6.92 Å². The van der Waals surface area contributed by atoms with Crippen molar-refractivity contribution in [1.82, 2.24) is 0 Å². The summed E-state index contributed by atoms with van der Waals surface area (Å²) in [6.07, 6.45) is 0. The highest BCUT2D eigenvalue weighted by Gasteiger charge is 2.22. The molecule has 0 saturated heterocycles. The van der Waals surface area contributed by atoms with Crippen molar-refractivity contribution < 1.29 is 19.1 Å². The fourth-order valence-corrected chi connectivity index (χ4v) is 3.02. The Morgan fingerprint density at radius 2 is 1.75 bits per heavy atom. The third kappa shape index (κ3) is 4.76. The van der Waals surface area contributed by atoms with Crippen LogP contribution in [0.25, 0.3) is 0 Å². The van der Waals surface area contributed by atoms with E-state index >= 15 is 0 Å². The Labute approximate surface area is 165 Å². The number of para-hydroxylation sites is 2. The molecular weight excluding hydrogens is 356 g/mol. The first-order valence-corrected chi connectivity index (χ1v) is 9.11. The number of nitrogens with zero attached hydrogens (tertiary/aromatic N) is 1. The average Bonchev–Trinajstić information content (AvgIpc) is 2.66. The molecule has 1 N–H and O–H groups in total. The lowest BCUT2D eigenvalue weighted by atomic mass is 9.98. The number of amides is 2. The van der Waals surface area contributed by atoms with E-state index in [9.17, 15) is 14.4 Å². The minimum Gasteiger partial charge on any atom is -0.465 e. The van der Waals surface area contributed by atoms with Gasteiger partial charge in [-0.05, 0) is 36.1 Å². The smallest absolute Gasteiger partial charge is 0.339 e. The lowest BCUT2D eigenvalue weighted by Gasteiger charge is -2.23. The van der Waals surface area contributed by atoms with Crippen LogP contribution in [0.2, 0.25) is 0 Å². The van der Waals surface area contributed by atoms with E-state index in [1.54, 1.807) is 24.3 Å². The van der Waals surface area contributed by atoms with Crippen LogP contribution in [-0.4, -0.2) is 31.4 Å². The van der Waals surface area contributed by atoms with E-state index < -0.39 is 5.97 Å². The van der Waals surface area contributed by atoms with Crippen LogP contribution in [0.5, 0.6) is 0 Å². The normalized spacial score (nSPS) is 10.5. The fourth-order valence-electron chi connectivity index (χ4n) is 3.02. The molecule has 0 aliphatic heterocycles. The van der Waals surface area contributed by atoms with E-state index in [1.807, 2.05) is 25.1 Å². The van der Waals surface area contributed by atoms with Crippen molar-refractivity contribution in [3.8, 4) is 0 Å². The number of rotatable bonds is 6. The number of benzene rings is 2. The van der Waals surface area contributed by atoms with Gasteiger partial charge in [-0.15, -0.1) is 0 Å². The lowest BCUT2D eigenvalue weighted by molar-refractivity contribution is -0.120. The quantitative estimate of drug-likeness (QED) is 0.769. The second-order valence-electron chi connectivity index (χ2n) is 6.86. The summed E-state index contributed by atoms with van der Waals surface area (Å²) in [7, 11) is 1.27. The number of ether oxygens (including phenoxy) is 1. The van der Waals surface area contributed by atoms with E-state index in [1.165, 1.54) is 18.9 Å². The zero-order chi connectivity index (χ0) is 20.8. The van der Waals surface area contributed by atoms with Crippen LogP contribution in [0.4, 0.5) is 11.4 Å². The van der Waals surface area contributed by atoms with Crippen LogP contribution in [0.15, 0.2) is 42.5 Å². The van der Waals surface area contributed by atoms with Crippen LogP contribution >= 0.6 is 0 Å². The third-order valence-corrected chi connectivity index (χ3v) is 4.47. The first kappa shape index (κ1) is 21.2. The van der Waals surface area contributed by atoms with Crippen LogP contribution < -0.4 is 10.2 Å². The average molecular weight is 382 g/mol. The highest BCUT2D eigenvalue weighted by Crippen LogP contribution is 2.28. The Kier molecular flexibility index (Phi) is 6.93. The fraction of sp³-hybridized carbons (Fsp3) is 0.318. The Bertz CT molecular complexity index is 890. The maximum absolute atomic E-state index is 12.8. The molecule has 0 aliphatic rings. The third-order valence-electron chi connectivity index (χ3n) is 4.47. The van der Waals surface area contributed by atoms with Crippen molar-refractivity contribution in [1.29, 1.82) is 0 Å². The summed E-state index contributed by atoms with van der Waals surface area (Å²) in [5.41, 5.74) is 3.30. The van der Waals surface area contributed by atoms with Crippen LogP contribution in [0.1, 0.15) is 48.2 Å². The number of aryl methyl sites for hydroxylation is 1. The summed E-state index contributed by atoms with van der Waals surface area (Å²) in [4.78, 5) is 38.3. The van der Waals surface area contributed by atoms with Gasteiger partial charge in [0, 0.05) is 12.6 Å². The minimum atomic E-state index is -0.566. The zero-order valence-corrected chi connectivity index (χ0v) is 16.9. The van der Waals surface area contributed by atoms with Gasteiger partial charge in [-0.2, -0.15) is 0 Å². The van der Waals surface area contributed by atoms with E-state index in [0.717, 1.165) is 16.8 Å². The molecule has 28 heavy (non-hydrogen) atoms. The lowest BCUT2D eigenvalue weighted by Crippen LogP contribution is -2.37. The number of esters is 1. The van der Waals surface area contributed by atoms with E-state index in [-0.39, 0.29) is 29.8 Å². The van der Waals surface area contributed by atoms with Gasteiger partial charge in [0.25, 0.3) is 0 Å². The Morgan fingerprint density at radius 3 is 2.36 bits per heavy atom.